The molecule has 4 aromatic carbocycles. The van der Waals surface area contributed by atoms with Crippen molar-refractivity contribution in [2.24, 2.45) is 5.10 Å². The molecule has 0 aliphatic heterocycles. The maximum Gasteiger partial charge on any atom is 0.345 e. The van der Waals surface area contributed by atoms with Crippen LogP contribution in [-0.4, -0.2) is 30.2 Å². The molecule has 7 nitrogen and oxygen atoms in total. The van der Waals surface area contributed by atoms with Crippen LogP contribution in [0.1, 0.15) is 26.4 Å². The molecule has 0 aliphatic carbocycles. The zero-order valence-corrected chi connectivity index (χ0v) is 24.5. The Kier molecular flexibility index (Phi) is 8.39. The van der Waals surface area contributed by atoms with Crippen molar-refractivity contribution >= 4 is 74.8 Å². The van der Waals surface area contributed by atoms with E-state index in [2.05, 4.69) is 38.1 Å². The molecule has 0 unspecified atom stereocenters. The van der Waals surface area contributed by atoms with E-state index in [1.54, 1.807) is 48.5 Å². The van der Waals surface area contributed by atoms with Crippen molar-refractivity contribution in [1.82, 2.24) is 10.4 Å². The molecule has 0 saturated carbocycles. The van der Waals surface area contributed by atoms with Crippen molar-refractivity contribution < 1.29 is 19.1 Å². The fourth-order valence-corrected chi connectivity index (χ4v) is 5.06. The maximum absolute atomic E-state index is 13.3. The summed E-state index contributed by atoms with van der Waals surface area (Å²) in [6.07, 6.45) is 1.46. The van der Waals surface area contributed by atoms with E-state index in [1.807, 2.05) is 36.4 Å². The van der Waals surface area contributed by atoms with Gasteiger partial charge in [-0.1, -0.05) is 53.5 Å². The van der Waals surface area contributed by atoms with Crippen molar-refractivity contribution in [2.45, 2.75) is 0 Å². The zero-order valence-electron chi connectivity index (χ0n) is 20.9. The lowest BCUT2D eigenvalue weighted by Crippen LogP contribution is -2.19. The number of carbonyl (C=O) groups excluding carboxylic acids is 2. The minimum absolute atomic E-state index is 0.214. The number of nitrogens with zero attached hydrogens (tertiary/aromatic N) is 1. The molecule has 0 saturated heterocycles. The topological polar surface area (TPSA) is 92.8 Å². The van der Waals surface area contributed by atoms with E-state index in [0.29, 0.717) is 27.6 Å². The number of ether oxygens (including phenoxy) is 2. The summed E-state index contributed by atoms with van der Waals surface area (Å²) in [4.78, 5) is 29.0. The number of methoxy groups -OCH3 is 1. The highest BCUT2D eigenvalue weighted by atomic mass is 127. The molecule has 0 atom stereocenters. The number of hydrogen-bond donors (Lipinski definition) is 2. The number of hydrazone groups is 1. The number of aromatic nitrogens is 1. The van der Waals surface area contributed by atoms with Crippen LogP contribution < -0.4 is 14.9 Å². The smallest absolute Gasteiger partial charge is 0.345 e. The summed E-state index contributed by atoms with van der Waals surface area (Å²) in [5.41, 5.74) is 5.98. The predicted molar refractivity (Wildman–Crippen MR) is 166 cm³/mol. The molecule has 1 aromatic heterocycles. The van der Waals surface area contributed by atoms with E-state index in [0.717, 1.165) is 20.0 Å². The number of benzene rings is 4. The number of esters is 1. The molecular weight excluding hydrogens is 664 g/mol. The number of nitrogens with one attached hydrogen (secondary N) is 2. The van der Waals surface area contributed by atoms with E-state index in [4.69, 9.17) is 32.7 Å². The van der Waals surface area contributed by atoms with Crippen LogP contribution in [-0.2, 0) is 0 Å². The Bertz CT molecular complexity index is 1780. The highest BCUT2D eigenvalue weighted by molar-refractivity contribution is 14.1. The number of aromatic amines is 1. The zero-order chi connectivity index (χ0) is 28.2. The number of halogens is 3. The van der Waals surface area contributed by atoms with Gasteiger partial charge in [0.1, 0.15) is 5.69 Å². The van der Waals surface area contributed by atoms with Crippen molar-refractivity contribution in [1.29, 1.82) is 0 Å². The molecule has 5 rings (SSSR count). The molecule has 2 N–H and O–H groups in total. The number of H-pyrrole nitrogens is 1. The van der Waals surface area contributed by atoms with E-state index >= 15 is 0 Å². The normalized spacial score (nSPS) is 11.1. The molecule has 1 heterocycles. The van der Waals surface area contributed by atoms with Crippen molar-refractivity contribution in [3.8, 4) is 22.6 Å². The Balaban J connectivity index is 1.37. The van der Waals surface area contributed by atoms with Gasteiger partial charge >= 0.3 is 5.97 Å². The predicted octanol–water partition coefficient (Wildman–Crippen LogP) is 7.74. The van der Waals surface area contributed by atoms with E-state index < -0.39 is 11.9 Å². The van der Waals surface area contributed by atoms with Crippen molar-refractivity contribution in [2.75, 3.05) is 7.11 Å². The first-order valence-corrected chi connectivity index (χ1v) is 13.7. The van der Waals surface area contributed by atoms with Gasteiger partial charge in [0, 0.05) is 30.6 Å². The SMILES string of the molecule is COc1cc(C=NNC(=O)c2[nH]c3ccc(I)cc3c2-c2ccccc2Cl)ccc1OC(=O)c1ccccc1Cl. The number of carbonyl (C=O) groups is 2. The van der Waals surface area contributed by atoms with E-state index in [9.17, 15) is 9.59 Å². The molecular formula is C30H20Cl2IN3O4. The molecule has 10 heteroatoms. The summed E-state index contributed by atoms with van der Waals surface area (Å²) in [7, 11) is 1.46. The van der Waals surface area contributed by atoms with Crippen LogP contribution in [0.3, 0.4) is 0 Å². The average Bonchev–Trinajstić information content (AvgIpc) is 3.32. The second kappa shape index (κ2) is 12.1. The van der Waals surface area contributed by atoms with Crippen LogP contribution in [0.5, 0.6) is 11.5 Å². The summed E-state index contributed by atoms with van der Waals surface area (Å²) < 4.78 is 11.9. The number of rotatable bonds is 7. The van der Waals surface area contributed by atoms with Gasteiger partial charge in [-0.3, -0.25) is 4.79 Å². The second-order valence-corrected chi connectivity index (χ2v) is 10.6. The third-order valence-corrected chi connectivity index (χ3v) is 7.32. The van der Waals surface area contributed by atoms with Crippen molar-refractivity contribution in [3.63, 3.8) is 0 Å². The molecule has 5 aromatic rings. The van der Waals surface area contributed by atoms with Crippen LogP contribution in [0.25, 0.3) is 22.0 Å². The largest absolute Gasteiger partial charge is 0.493 e. The van der Waals surface area contributed by atoms with Gasteiger partial charge in [0.25, 0.3) is 5.91 Å². The molecule has 0 bridgehead atoms. The van der Waals surface area contributed by atoms with Gasteiger partial charge in [-0.15, -0.1) is 0 Å². The Labute approximate surface area is 253 Å². The van der Waals surface area contributed by atoms with Gasteiger partial charge in [0.2, 0.25) is 0 Å². The summed E-state index contributed by atoms with van der Waals surface area (Å²) in [5.74, 6) is -0.526. The van der Waals surface area contributed by atoms with Crippen LogP contribution in [0.4, 0.5) is 0 Å². The number of amides is 1. The fraction of sp³-hybridized carbons (Fsp3) is 0.0333. The van der Waals surface area contributed by atoms with Crippen molar-refractivity contribution in [3.05, 3.63) is 115 Å². The summed E-state index contributed by atoms with van der Waals surface area (Å²) in [6.45, 7) is 0. The minimum atomic E-state index is -0.611. The lowest BCUT2D eigenvalue weighted by molar-refractivity contribution is 0.0729. The van der Waals surface area contributed by atoms with Gasteiger partial charge in [-0.05, 0) is 82.8 Å². The van der Waals surface area contributed by atoms with Gasteiger partial charge < -0.3 is 14.5 Å². The standard InChI is InChI=1S/C30H20Cl2IN3O4/c1-39-26-14-17(10-13-25(26)40-30(38)20-7-3-5-9-23(20)32)16-34-36-29(37)28-27(19-6-2-4-8-22(19)31)21-15-18(33)11-12-24(21)35-28/h2-16,35H,1H3,(H,36,37). The average molecular weight is 684 g/mol. The number of fused-ring (bicyclic) bond motifs is 1. The third-order valence-electron chi connectivity index (χ3n) is 5.99. The van der Waals surface area contributed by atoms with Gasteiger partial charge in [0.05, 0.1) is 23.9 Å². The first kappa shape index (κ1) is 27.7. The molecule has 0 radical (unpaired) electrons. The van der Waals surface area contributed by atoms with Gasteiger partial charge in [0.15, 0.2) is 11.5 Å². The first-order valence-electron chi connectivity index (χ1n) is 11.9. The summed E-state index contributed by atoms with van der Waals surface area (Å²) in [5, 5.41) is 5.82. The molecule has 0 fully saturated rings. The quantitative estimate of drug-likeness (QED) is 0.0604. The molecule has 200 valence electrons. The van der Waals surface area contributed by atoms with Gasteiger partial charge in [-0.2, -0.15) is 5.10 Å². The molecule has 40 heavy (non-hydrogen) atoms. The Morgan fingerprint density at radius 1 is 0.925 bits per heavy atom. The highest BCUT2D eigenvalue weighted by Gasteiger charge is 2.21. The minimum Gasteiger partial charge on any atom is -0.493 e. The first-order chi connectivity index (χ1) is 19.4. The fourth-order valence-electron chi connectivity index (χ4n) is 4.13. The lowest BCUT2D eigenvalue weighted by atomic mass is 10.0. The Hall–Kier alpha value is -3.86. The summed E-state index contributed by atoms with van der Waals surface area (Å²) in [6, 6.07) is 24.7. The van der Waals surface area contributed by atoms with Crippen LogP contribution >= 0.6 is 45.8 Å². The van der Waals surface area contributed by atoms with E-state index in [1.165, 1.54) is 13.3 Å². The molecule has 0 spiro atoms. The Morgan fingerprint density at radius 2 is 1.68 bits per heavy atom. The second-order valence-electron chi connectivity index (χ2n) is 8.52. The lowest BCUT2D eigenvalue weighted by Gasteiger charge is -2.10. The van der Waals surface area contributed by atoms with Crippen LogP contribution in [0.2, 0.25) is 10.0 Å². The molecule has 1 amide bonds. The maximum atomic E-state index is 13.3. The van der Waals surface area contributed by atoms with Crippen LogP contribution in [0, 0.1) is 3.57 Å². The summed E-state index contributed by atoms with van der Waals surface area (Å²) >= 11 is 14.8. The van der Waals surface area contributed by atoms with E-state index in [-0.39, 0.29) is 16.3 Å². The Morgan fingerprint density at radius 3 is 2.42 bits per heavy atom. The monoisotopic (exact) mass is 683 g/mol. The van der Waals surface area contributed by atoms with Gasteiger partial charge in [-0.25, -0.2) is 10.2 Å². The highest BCUT2D eigenvalue weighted by Crippen LogP contribution is 2.37. The van der Waals surface area contributed by atoms with Crippen LogP contribution in [0.15, 0.2) is 90.0 Å². The number of hydrogen-bond acceptors (Lipinski definition) is 5. The molecule has 0 aliphatic rings. The third kappa shape index (κ3) is 5.84.